The number of hydrogen-bond donors (Lipinski definition) is 2. The summed E-state index contributed by atoms with van der Waals surface area (Å²) < 4.78 is 4.96. The highest BCUT2D eigenvalue weighted by Crippen LogP contribution is 2.25. The number of carbonyl (C=O) groups is 1. The molecule has 0 bridgehead atoms. The molecule has 0 spiro atoms. The van der Waals surface area contributed by atoms with Crippen LogP contribution in [-0.4, -0.2) is 23.6 Å². The zero-order valence-corrected chi connectivity index (χ0v) is 11.9. The SMILES string of the molecule is CCOC(=O)[C@@H](N)Cc1c[nH]c2cc3ccccc3cc12. The molecule has 0 aliphatic heterocycles. The van der Waals surface area contributed by atoms with Crippen LogP contribution in [0.3, 0.4) is 0 Å². The molecule has 108 valence electrons. The topological polar surface area (TPSA) is 68.1 Å². The third kappa shape index (κ3) is 2.62. The Kier molecular flexibility index (Phi) is 3.62. The first-order chi connectivity index (χ1) is 10.2. The van der Waals surface area contributed by atoms with Crippen molar-refractivity contribution in [2.45, 2.75) is 19.4 Å². The third-order valence-corrected chi connectivity index (χ3v) is 3.66. The Morgan fingerprint density at radius 1 is 1.29 bits per heavy atom. The molecule has 0 aliphatic rings. The second kappa shape index (κ2) is 5.58. The van der Waals surface area contributed by atoms with Crippen LogP contribution in [0.1, 0.15) is 12.5 Å². The van der Waals surface area contributed by atoms with Crippen molar-refractivity contribution in [1.29, 1.82) is 0 Å². The molecule has 1 atom stereocenters. The lowest BCUT2D eigenvalue weighted by molar-refractivity contribution is -0.144. The van der Waals surface area contributed by atoms with Crippen molar-refractivity contribution in [3.8, 4) is 0 Å². The molecule has 0 saturated carbocycles. The Bertz CT molecular complexity index is 792. The van der Waals surface area contributed by atoms with Crippen molar-refractivity contribution in [1.82, 2.24) is 4.98 Å². The number of fused-ring (bicyclic) bond motifs is 2. The number of aromatic amines is 1. The van der Waals surface area contributed by atoms with Gasteiger partial charge in [0.2, 0.25) is 0 Å². The van der Waals surface area contributed by atoms with E-state index in [1.54, 1.807) is 6.92 Å². The Balaban J connectivity index is 1.96. The van der Waals surface area contributed by atoms with Crippen LogP contribution in [0.2, 0.25) is 0 Å². The van der Waals surface area contributed by atoms with Crippen molar-refractivity contribution in [3.63, 3.8) is 0 Å². The van der Waals surface area contributed by atoms with Crippen LogP contribution >= 0.6 is 0 Å². The van der Waals surface area contributed by atoms with E-state index < -0.39 is 6.04 Å². The molecule has 0 radical (unpaired) electrons. The number of H-pyrrole nitrogens is 1. The summed E-state index contributed by atoms with van der Waals surface area (Å²) >= 11 is 0. The van der Waals surface area contributed by atoms with Crippen LogP contribution in [0.5, 0.6) is 0 Å². The third-order valence-electron chi connectivity index (χ3n) is 3.66. The average Bonchev–Trinajstić information content (AvgIpc) is 2.87. The quantitative estimate of drug-likeness (QED) is 0.723. The number of rotatable bonds is 4. The molecule has 21 heavy (non-hydrogen) atoms. The molecule has 0 saturated heterocycles. The number of nitrogens with two attached hydrogens (primary N) is 1. The number of nitrogens with one attached hydrogen (secondary N) is 1. The summed E-state index contributed by atoms with van der Waals surface area (Å²) in [6.45, 7) is 2.13. The average molecular weight is 282 g/mol. The van der Waals surface area contributed by atoms with Crippen LogP contribution in [0.15, 0.2) is 42.6 Å². The van der Waals surface area contributed by atoms with Gasteiger partial charge in [0.15, 0.2) is 0 Å². The van der Waals surface area contributed by atoms with Crippen LogP contribution < -0.4 is 5.73 Å². The molecule has 0 aliphatic carbocycles. The number of hydrogen-bond acceptors (Lipinski definition) is 3. The molecule has 3 rings (SSSR count). The Hall–Kier alpha value is -2.33. The van der Waals surface area contributed by atoms with Crippen molar-refractivity contribution >= 4 is 27.6 Å². The molecule has 4 nitrogen and oxygen atoms in total. The number of carbonyl (C=O) groups excluding carboxylic acids is 1. The van der Waals surface area contributed by atoms with E-state index in [-0.39, 0.29) is 5.97 Å². The lowest BCUT2D eigenvalue weighted by Crippen LogP contribution is -2.34. The second-order valence-corrected chi connectivity index (χ2v) is 5.12. The van der Waals surface area contributed by atoms with Gasteiger partial charge in [0.25, 0.3) is 0 Å². The van der Waals surface area contributed by atoms with E-state index in [1.165, 1.54) is 10.8 Å². The first-order valence-electron chi connectivity index (χ1n) is 7.10. The summed E-state index contributed by atoms with van der Waals surface area (Å²) in [5.74, 6) is -0.354. The molecular formula is C17H18N2O2. The molecule has 1 heterocycles. The van der Waals surface area contributed by atoms with Gasteiger partial charge in [-0.3, -0.25) is 4.79 Å². The highest BCUT2D eigenvalue weighted by molar-refractivity contribution is 5.98. The van der Waals surface area contributed by atoms with Crippen molar-refractivity contribution in [2.24, 2.45) is 5.73 Å². The highest BCUT2D eigenvalue weighted by atomic mass is 16.5. The van der Waals surface area contributed by atoms with Gasteiger partial charge in [0.05, 0.1) is 6.61 Å². The largest absolute Gasteiger partial charge is 0.465 e. The predicted molar refractivity (Wildman–Crippen MR) is 84.1 cm³/mol. The maximum absolute atomic E-state index is 11.7. The maximum atomic E-state index is 11.7. The highest BCUT2D eigenvalue weighted by Gasteiger charge is 2.17. The zero-order chi connectivity index (χ0) is 14.8. The van der Waals surface area contributed by atoms with Gasteiger partial charge < -0.3 is 15.5 Å². The fourth-order valence-corrected chi connectivity index (χ4v) is 2.61. The van der Waals surface area contributed by atoms with Gasteiger partial charge in [-0.25, -0.2) is 0 Å². The Morgan fingerprint density at radius 2 is 2.00 bits per heavy atom. The van der Waals surface area contributed by atoms with E-state index in [0.717, 1.165) is 16.5 Å². The van der Waals surface area contributed by atoms with Crippen molar-refractivity contribution < 1.29 is 9.53 Å². The Morgan fingerprint density at radius 3 is 2.71 bits per heavy atom. The van der Waals surface area contributed by atoms with Gasteiger partial charge in [-0.2, -0.15) is 0 Å². The van der Waals surface area contributed by atoms with Crippen LogP contribution in [-0.2, 0) is 16.0 Å². The van der Waals surface area contributed by atoms with E-state index in [1.807, 2.05) is 18.3 Å². The van der Waals surface area contributed by atoms with E-state index in [9.17, 15) is 4.79 Å². The van der Waals surface area contributed by atoms with Crippen molar-refractivity contribution in [2.75, 3.05) is 6.61 Å². The minimum atomic E-state index is -0.629. The number of ether oxygens (including phenoxy) is 1. The molecular weight excluding hydrogens is 264 g/mol. The second-order valence-electron chi connectivity index (χ2n) is 5.12. The minimum absolute atomic E-state index is 0.352. The summed E-state index contributed by atoms with van der Waals surface area (Å²) in [5, 5.41) is 3.47. The monoisotopic (exact) mass is 282 g/mol. The minimum Gasteiger partial charge on any atom is -0.465 e. The fourth-order valence-electron chi connectivity index (χ4n) is 2.61. The molecule has 0 unspecified atom stereocenters. The van der Waals surface area contributed by atoms with Crippen LogP contribution in [0.25, 0.3) is 21.7 Å². The molecule has 0 amide bonds. The van der Waals surface area contributed by atoms with Gasteiger partial charge >= 0.3 is 5.97 Å². The number of benzene rings is 2. The standard InChI is InChI=1S/C17H18N2O2/c1-2-21-17(20)15(18)8-13-10-19-16-9-12-6-4-3-5-11(12)7-14(13)16/h3-7,9-10,15,19H,2,8,18H2,1H3/t15-/m0/s1. The molecule has 4 heteroatoms. The van der Waals surface area contributed by atoms with Gasteiger partial charge in [0.1, 0.15) is 6.04 Å². The lowest BCUT2D eigenvalue weighted by Gasteiger charge is -2.09. The summed E-state index contributed by atoms with van der Waals surface area (Å²) in [4.78, 5) is 14.9. The van der Waals surface area contributed by atoms with Crippen LogP contribution in [0, 0.1) is 0 Å². The molecule has 2 aromatic carbocycles. The zero-order valence-electron chi connectivity index (χ0n) is 11.9. The summed E-state index contributed by atoms with van der Waals surface area (Å²) in [6.07, 6.45) is 2.39. The smallest absolute Gasteiger partial charge is 0.323 e. The van der Waals surface area contributed by atoms with E-state index in [0.29, 0.717) is 13.0 Å². The lowest BCUT2D eigenvalue weighted by atomic mass is 10.0. The fraction of sp³-hybridized carbons (Fsp3) is 0.235. The van der Waals surface area contributed by atoms with E-state index >= 15 is 0 Å². The summed E-state index contributed by atoms with van der Waals surface area (Å²) in [5.41, 5.74) is 8.00. The van der Waals surface area contributed by atoms with Gasteiger partial charge in [-0.05, 0) is 35.4 Å². The number of aromatic nitrogens is 1. The normalized spacial score (nSPS) is 12.7. The van der Waals surface area contributed by atoms with Crippen LogP contribution in [0.4, 0.5) is 0 Å². The predicted octanol–water partition coefficient (Wildman–Crippen LogP) is 2.75. The first kappa shape index (κ1) is 13.6. The van der Waals surface area contributed by atoms with Gasteiger partial charge in [-0.1, -0.05) is 24.3 Å². The molecule has 0 fully saturated rings. The van der Waals surface area contributed by atoms with Gasteiger partial charge in [-0.15, -0.1) is 0 Å². The molecule has 1 aromatic heterocycles. The maximum Gasteiger partial charge on any atom is 0.323 e. The number of esters is 1. The van der Waals surface area contributed by atoms with Crippen molar-refractivity contribution in [3.05, 3.63) is 48.2 Å². The summed E-state index contributed by atoms with van der Waals surface area (Å²) in [7, 11) is 0. The molecule has 3 aromatic rings. The summed E-state index contributed by atoms with van der Waals surface area (Å²) in [6, 6.07) is 11.8. The Labute approximate surface area is 122 Å². The first-order valence-corrected chi connectivity index (χ1v) is 7.10. The van der Waals surface area contributed by atoms with Gasteiger partial charge in [0, 0.05) is 23.5 Å². The van der Waals surface area contributed by atoms with E-state index in [4.69, 9.17) is 10.5 Å². The molecule has 3 N–H and O–H groups in total. The van der Waals surface area contributed by atoms with E-state index in [2.05, 4.69) is 29.2 Å².